The first-order valence-corrected chi connectivity index (χ1v) is 9.76. The lowest BCUT2D eigenvalue weighted by Crippen LogP contribution is -2.37. The zero-order chi connectivity index (χ0) is 17.0. The summed E-state index contributed by atoms with van der Waals surface area (Å²) in [4.78, 5) is 4.60. The third-order valence-corrected chi connectivity index (χ3v) is 5.56. The number of nitrogens with one attached hydrogen (secondary N) is 3. The summed E-state index contributed by atoms with van der Waals surface area (Å²) in [6.07, 6.45) is 1.89. The third kappa shape index (κ3) is 5.80. The van der Waals surface area contributed by atoms with Crippen LogP contribution in [-0.4, -0.2) is 46.2 Å². The number of nitrogens with zero attached hydrogens (tertiary/aromatic N) is 1. The summed E-state index contributed by atoms with van der Waals surface area (Å²) in [5.41, 5.74) is 0.997. The van der Waals surface area contributed by atoms with Crippen LogP contribution < -0.4 is 15.4 Å². The van der Waals surface area contributed by atoms with E-state index >= 15 is 0 Å². The lowest BCUT2D eigenvalue weighted by atomic mass is 10.2. The molecule has 0 saturated carbocycles. The summed E-state index contributed by atoms with van der Waals surface area (Å²) in [5, 5.41) is 6.43. The molecule has 0 spiro atoms. The van der Waals surface area contributed by atoms with Crippen LogP contribution in [0, 0.1) is 0 Å². The molecule has 7 nitrogen and oxygen atoms in total. The maximum Gasteiger partial charge on any atom is 0.240 e. The second kappa shape index (κ2) is 9.15. The second-order valence-corrected chi connectivity index (χ2v) is 7.99. The molecule has 0 aliphatic carbocycles. The lowest BCUT2D eigenvalue weighted by Gasteiger charge is -2.12. The highest BCUT2D eigenvalue weighted by atomic mass is 127. The van der Waals surface area contributed by atoms with Crippen molar-refractivity contribution >= 4 is 40.0 Å². The van der Waals surface area contributed by atoms with Crippen LogP contribution in [0.2, 0.25) is 0 Å². The van der Waals surface area contributed by atoms with Gasteiger partial charge in [0.2, 0.25) is 10.0 Å². The largest absolute Gasteiger partial charge is 0.377 e. The van der Waals surface area contributed by atoms with Gasteiger partial charge in [0.25, 0.3) is 0 Å². The monoisotopic (exact) mass is 480 g/mol. The number of guanidine groups is 1. The Labute approximate surface area is 166 Å². The second-order valence-electron chi connectivity index (χ2n) is 6.22. The number of rotatable bonds is 6. The standard InChI is InChI=1S/C16H24N4O3S.HI/c1-12-9-17-16(20-12)18-10-13-4-6-15(7-5-13)24(21,22)19-11-14-3-2-8-23-14;/h4-7,12,14,19H,2-3,8-11H2,1H3,(H2,17,18,20);1H. The Hall–Kier alpha value is -0.910. The number of halogens is 1. The van der Waals surface area contributed by atoms with E-state index < -0.39 is 10.0 Å². The van der Waals surface area contributed by atoms with Crippen molar-refractivity contribution in [2.24, 2.45) is 4.99 Å². The molecule has 2 aliphatic heterocycles. The molecule has 25 heavy (non-hydrogen) atoms. The molecule has 140 valence electrons. The molecule has 2 heterocycles. The fourth-order valence-corrected chi connectivity index (χ4v) is 3.79. The predicted octanol–water partition coefficient (Wildman–Crippen LogP) is 1.20. The quantitative estimate of drug-likeness (QED) is 0.533. The van der Waals surface area contributed by atoms with E-state index in [-0.39, 0.29) is 35.0 Å². The number of hydrogen-bond donors (Lipinski definition) is 3. The van der Waals surface area contributed by atoms with Gasteiger partial charge < -0.3 is 15.4 Å². The van der Waals surface area contributed by atoms with Gasteiger partial charge in [-0.2, -0.15) is 0 Å². The van der Waals surface area contributed by atoms with Gasteiger partial charge in [-0.15, -0.1) is 24.0 Å². The van der Waals surface area contributed by atoms with E-state index in [1.165, 1.54) is 0 Å². The van der Waals surface area contributed by atoms with Gasteiger partial charge in [0, 0.05) is 25.7 Å². The van der Waals surface area contributed by atoms with Gasteiger partial charge in [0.1, 0.15) is 0 Å². The third-order valence-electron chi connectivity index (χ3n) is 4.13. The Morgan fingerprint density at radius 1 is 1.32 bits per heavy atom. The SMILES string of the molecule is CC1CN=C(NCc2ccc(S(=O)(=O)NCC3CCCO3)cc2)N1.I. The number of sulfonamides is 1. The molecular weight excluding hydrogens is 455 g/mol. The van der Waals surface area contributed by atoms with E-state index in [0.717, 1.165) is 30.9 Å². The van der Waals surface area contributed by atoms with E-state index in [4.69, 9.17) is 4.74 Å². The van der Waals surface area contributed by atoms with Crippen LogP contribution in [0.15, 0.2) is 34.2 Å². The lowest BCUT2D eigenvalue weighted by molar-refractivity contribution is 0.114. The first-order chi connectivity index (χ1) is 11.5. The van der Waals surface area contributed by atoms with Crippen molar-refractivity contribution in [2.75, 3.05) is 19.7 Å². The predicted molar refractivity (Wildman–Crippen MR) is 108 cm³/mol. The van der Waals surface area contributed by atoms with Gasteiger partial charge in [-0.25, -0.2) is 13.1 Å². The molecule has 1 saturated heterocycles. The number of benzene rings is 1. The molecule has 2 aliphatic rings. The smallest absolute Gasteiger partial charge is 0.240 e. The zero-order valence-corrected chi connectivity index (χ0v) is 17.3. The molecule has 3 rings (SSSR count). The Bertz CT molecular complexity index is 688. The van der Waals surface area contributed by atoms with Crippen LogP contribution >= 0.6 is 24.0 Å². The van der Waals surface area contributed by atoms with Crippen LogP contribution in [-0.2, 0) is 21.3 Å². The van der Waals surface area contributed by atoms with Crippen molar-refractivity contribution in [3.63, 3.8) is 0 Å². The van der Waals surface area contributed by atoms with Crippen LogP contribution in [0.5, 0.6) is 0 Å². The molecule has 0 bridgehead atoms. The first-order valence-electron chi connectivity index (χ1n) is 8.28. The highest BCUT2D eigenvalue weighted by Crippen LogP contribution is 2.14. The van der Waals surface area contributed by atoms with Gasteiger partial charge in [0.05, 0.1) is 17.5 Å². The number of ether oxygens (including phenoxy) is 1. The van der Waals surface area contributed by atoms with Crippen LogP contribution in [0.4, 0.5) is 0 Å². The van der Waals surface area contributed by atoms with Crippen LogP contribution in [0.3, 0.4) is 0 Å². The highest BCUT2D eigenvalue weighted by molar-refractivity contribution is 14.0. The summed E-state index contributed by atoms with van der Waals surface area (Å²) in [7, 11) is -3.49. The molecule has 2 atom stereocenters. The molecule has 3 N–H and O–H groups in total. The van der Waals surface area contributed by atoms with Gasteiger partial charge >= 0.3 is 0 Å². The minimum absolute atomic E-state index is 0. The van der Waals surface area contributed by atoms with Gasteiger partial charge in [-0.05, 0) is 37.5 Å². The van der Waals surface area contributed by atoms with Crippen molar-refractivity contribution in [3.05, 3.63) is 29.8 Å². The van der Waals surface area contributed by atoms with E-state index in [1.54, 1.807) is 12.1 Å². The van der Waals surface area contributed by atoms with Crippen molar-refractivity contribution in [1.29, 1.82) is 0 Å². The van der Waals surface area contributed by atoms with E-state index in [0.29, 0.717) is 25.7 Å². The summed E-state index contributed by atoms with van der Waals surface area (Å²) < 4.78 is 32.6. The van der Waals surface area contributed by atoms with Crippen molar-refractivity contribution in [3.8, 4) is 0 Å². The van der Waals surface area contributed by atoms with E-state index in [2.05, 4.69) is 27.3 Å². The molecule has 0 radical (unpaired) electrons. The van der Waals surface area contributed by atoms with Crippen molar-refractivity contribution in [1.82, 2.24) is 15.4 Å². The normalized spacial score (nSPS) is 22.8. The van der Waals surface area contributed by atoms with Crippen LogP contribution in [0.25, 0.3) is 0 Å². The minimum Gasteiger partial charge on any atom is -0.377 e. The summed E-state index contributed by atoms with van der Waals surface area (Å²) in [5.74, 6) is 0.789. The molecule has 2 unspecified atom stereocenters. The highest BCUT2D eigenvalue weighted by Gasteiger charge is 2.20. The summed E-state index contributed by atoms with van der Waals surface area (Å²) >= 11 is 0. The fourth-order valence-electron chi connectivity index (χ4n) is 2.72. The Balaban J connectivity index is 0.00000225. The van der Waals surface area contributed by atoms with Gasteiger partial charge in [-0.3, -0.25) is 4.99 Å². The molecule has 1 fully saturated rings. The van der Waals surface area contributed by atoms with Crippen LogP contribution in [0.1, 0.15) is 25.3 Å². The van der Waals surface area contributed by atoms with E-state index in [9.17, 15) is 8.42 Å². The zero-order valence-electron chi connectivity index (χ0n) is 14.2. The van der Waals surface area contributed by atoms with Gasteiger partial charge in [0.15, 0.2) is 5.96 Å². The molecular formula is C16H25IN4O3S. The maximum absolute atomic E-state index is 12.3. The molecule has 0 aromatic heterocycles. The first kappa shape index (κ1) is 20.4. The fraction of sp³-hybridized carbons (Fsp3) is 0.562. The summed E-state index contributed by atoms with van der Waals surface area (Å²) in [6, 6.07) is 7.23. The number of aliphatic imine (C=N–C) groups is 1. The Morgan fingerprint density at radius 2 is 2.08 bits per heavy atom. The molecule has 0 amide bonds. The maximum atomic E-state index is 12.3. The van der Waals surface area contributed by atoms with Crippen molar-refractivity contribution < 1.29 is 13.2 Å². The molecule has 1 aromatic carbocycles. The van der Waals surface area contributed by atoms with Gasteiger partial charge in [-0.1, -0.05) is 12.1 Å². The molecule has 1 aromatic rings. The average Bonchev–Trinajstić information content (AvgIpc) is 3.23. The summed E-state index contributed by atoms with van der Waals surface area (Å²) in [6.45, 7) is 4.49. The Kier molecular flexibility index (Phi) is 7.47. The Morgan fingerprint density at radius 3 is 2.68 bits per heavy atom. The molecule has 9 heteroatoms. The minimum atomic E-state index is -3.49. The van der Waals surface area contributed by atoms with Crippen molar-refractivity contribution in [2.45, 2.75) is 43.4 Å². The average molecular weight is 480 g/mol. The van der Waals surface area contributed by atoms with E-state index in [1.807, 2.05) is 12.1 Å². The number of hydrogen-bond acceptors (Lipinski definition) is 6. The topological polar surface area (TPSA) is 91.8 Å².